The van der Waals surface area contributed by atoms with Gasteiger partial charge < -0.3 is 14.8 Å². The number of carbonyl (C=O) groups excluding carboxylic acids is 2. The molecule has 0 heterocycles. The summed E-state index contributed by atoms with van der Waals surface area (Å²) in [5, 5.41) is 2.85. The van der Waals surface area contributed by atoms with Crippen LogP contribution in [0.5, 0.6) is 11.5 Å². The monoisotopic (exact) mass is 356 g/mol. The van der Waals surface area contributed by atoms with Gasteiger partial charge in [-0.3, -0.25) is 14.5 Å². The van der Waals surface area contributed by atoms with Crippen LogP contribution in [0.15, 0.2) is 42.5 Å². The van der Waals surface area contributed by atoms with Crippen LogP contribution < -0.4 is 14.8 Å². The number of ether oxygens (including phenoxy) is 2. The minimum Gasteiger partial charge on any atom is -0.497 e. The fourth-order valence-electron chi connectivity index (χ4n) is 2.61. The Balaban J connectivity index is 2.01. The smallest absolute Gasteiger partial charge is 0.238 e. The minimum absolute atomic E-state index is 0.00711. The standard InChI is InChI=1S/C20H24N2O4/c1-14(23)15-8-9-19(26-4)16(10-15)12-22(2)13-20(24)21-17-6-5-7-18(11-17)25-3/h5-11H,12-13H2,1-4H3,(H,21,24). The number of ketones is 1. The summed E-state index contributed by atoms with van der Waals surface area (Å²) in [6.07, 6.45) is 0. The zero-order valence-corrected chi connectivity index (χ0v) is 15.5. The van der Waals surface area contributed by atoms with E-state index in [2.05, 4.69) is 5.32 Å². The van der Waals surface area contributed by atoms with Gasteiger partial charge in [0.2, 0.25) is 5.91 Å². The van der Waals surface area contributed by atoms with E-state index in [0.717, 1.165) is 5.56 Å². The third-order valence-corrected chi connectivity index (χ3v) is 3.89. The first-order chi connectivity index (χ1) is 12.4. The third-order valence-electron chi connectivity index (χ3n) is 3.89. The Bertz CT molecular complexity index is 789. The molecule has 0 bridgehead atoms. The van der Waals surface area contributed by atoms with Crippen molar-refractivity contribution in [3.63, 3.8) is 0 Å². The molecule has 0 aliphatic heterocycles. The van der Waals surface area contributed by atoms with Crippen LogP contribution in [0.4, 0.5) is 5.69 Å². The largest absolute Gasteiger partial charge is 0.497 e. The molecule has 6 heteroatoms. The number of carbonyl (C=O) groups is 2. The molecule has 2 rings (SSSR count). The van der Waals surface area contributed by atoms with Crippen molar-refractivity contribution in [2.24, 2.45) is 0 Å². The first kappa shape index (κ1) is 19.5. The fraction of sp³-hybridized carbons (Fsp3) is 0.300. The van der Waals surface area contributed by atoms with Gasteiger partial charge in [0.1, 0.15) is 11.5 Å². The first-order valence-corrected chi connectivity index (χ1v) is 8.23. The van der Waals surface area contributed by atoms with Crippen LogP contribution in [0.25, 0.3) is 0 Å². The highest BCUT2D eigenvalue weighted by atomic mass is 16.5. The molecule has 0 aliphatic carbocycles. The summed E-state index contributed by atoms with van der Waals surface area (Å²) in [5.41, 5.74) is 2.16. The second-order valence-electron chi connectivity index (χ2n) is 6.04. The lowest BCUT2D eigenvalue weighted by atomic mass is 10.1. The van der Waals surface area contributed by atoms with Gasteiger partial charge in [-0.05, 0) is 44.3 Å². The average molecular weight is 356 g/mol. The molecule has 0 aliphatic rings. The van der Waals surface area contributed by atoms with Gasteiger partial charge in [-0.25, -0.2) is 0 Å². The van der Waals surface area contributed by atoms with Gasteiger partial charge >= 0.3 is 0 Å². The molecule has 0 fully saturated rings. The summed E-state index contributed by atoms with van der Waals surface area (Å²) < 4.78 is 10.5. The molecule has 0 saturated carbocycles. The Labute approximate surface area is 153 Å². The zero-order chi connectivity index (χ0) is 19.1. The lowest BCUT2D eigenvalue weighted by Crippen LogP contribution is -2.30. The molecular formula is C20H24N2O4. The molecule has 0 aromatic heterocycles. The van der Waals surface area contributed by atoms with Crippen molar-refractivity contribution in [3.05, 3.63) is 53.6 Å². The number of amides is 1. The summed E-state index contributed by atoms with van der Waals surface area (Å²) in [7, 11) is 5.00. The number of nitrogens with zero attached hydrogens (tertiary/aromatic N) is 1. The van der Waals surface area contributed by atoms with Crippen molar-refractivity contribution in [1.82, 2.24) is 4.90 Å². The van der Waals surface area contributed by atoms with E-state index in [1.165, 1.54) is 6.92 Å². The van der Waals surface area contributed by atoms with E-state index in [9.17, 15) is 9.59 Å². The molecule has 0 atom stereocenters. The molecular weight excluding hydrogens is 332 g/mol. The lowest BCUT2D eigenvalue weighted by Gasteiger charge is -2.18. The number of hydrogen-bond donors (Lipinski definition) is 1. The highest BCUT2D eigenvalue weighted by Gasteiger charge is 2.12. The van der Waals surface area contributed by atoms with Crippen LogP contribution in [0, 0.1) is 0 Å². The first-order valence-electron chi connectivity index (χ1n) is 8.23. The number of anilines is 1. The Hall–Kier alpha value is -2.86. The van der Waals surface area contributed by atoms with E-state index in [1.807, 2.05) is 24.1 Å². The van der Waals surface area contributed by atoms with Crippen LogP contribution in [0.3, 0.4) is 0 Å². The molecule has 26 heavy (non-hydrogen) atoms. The maximum Gasteiger partial charge on any atom is 0.238 e. The number of Topliss-reactive ketones (excluding diaryl/α,β-unsaturated/α-hetero) is 1. The second kappa shape index (κ2) is 9.01. The molecule has 0 radical (unpaired) electrons. The Kier molecular flexibility index (Phi) is 6.74. The fourth-order valence-corrected chi connectivity index (χ4v) is 2.61. The highest BCUT2D eigenvalue weighted by Crippen LogP contribution is 2.22. The van der Waals surface area contributed by atoms with E-state index in [1.54, 1.807) is 44.6 Å². The summed E-state index contributed by atoms with van der Waals surface area (Å²) in [5.74, 6) is 1.23. The van der Waals surface area contributed by atoms with Crippen molar-refractivity contribution in [2.45, 2.75) is 13.5 Å². The SMILES string of the molecule is COc1cccc(NC(=O)CN(C)Cc2cc(C(C)=O)ccc2OC)c1. The summed E-state index contributed by atoms with van der Waals surface area (Å²) in [6.45, 7) is 2.21. The predicted octanol–water partition coefficient (Wildman–Crippen LogP) is 2.98. The summed E-state index contributed by atoms with van der Waals surface area (Å²) >= 11 is 0. The van der Waals surface area contributed by atoms with E-state index in [0.29, 0.717) is 29.3 Å². The van der Waals surface area contributed by atoms with Gasteiger partial charge in [-0.2, -0.15) is 0 Å². The van der Waals surface area contributed by atoms with Gasteiger partial charge in [-0.15, -0.1) is 0 Å². The number of hydrogen-bond acceptors (Lipinski definition) is 5. The minimum atomic E-state index is -0.137. The van der Waals surface area contributed by atoms with Crippen LogP contribution >= 0.6 is 0 Å². The zero-order valence-electron chi connectivity index (χ0n) is 15.5. The Morgan fingerprint density at radius 3 is 2.50 bits per heavy atom. The molecule has 6 nitrogen and oxygen atoms in total. The molecule has 2 aromatic carbocycles. The van der Waals surface area contributed by atoms with Crippen molar-refractivity contribution in [1.29, 1.82) is 0 Å². The number of likely N-dealkylation sites (N-methyl/N-ethyl adjacent to an activating group) is 1. The lowest BCUT2D eigenvalue weighted by molar-refractivity contribution is -0.117. The van der Waals surface area contributed by atoms with Crippen molar-refractivity contribution < 1.29 is 19.1 Å². The maximum absolute atomic E-state index is 12.3. The summed E-state index contributed by atoms with van der Waals surface area (Å²) in [4.78, 5) is 25.7. The molecule has 0 saturated heterocycles. The van der Waals surface area contributed by atoms with E-state index < -0.39 is 0 Å². The van der Waals surface area contributed by atoms with Gasteiger partial charge in [-0.1, -0.05) is 6.07 Å². The second-order valence-corrected chi connectivity index (χ2v) is 6.04. The van der Waals surface area contributed by atoms with Gasteiger partial charge in [0.25, 0.3) is 0 Å². The average Bonchev–Trinajstić information content (AvgIpc) is 2.61. The molecule has 1 N–H and O–H groups in total. The van der Waals surface area contributed by atoms with Crippen molar-refractivity contribution in [3.8, 4) is 11.5 Å². The normalized spacial score (nSPS) is 10.5. The number of nitrogens with one attached hydrogen (secondary N) is 1. The van der Waals surface area contributed by atoms with E-state index in [-0.39, 0.29) is 18.2 Å². The molecule has 138 valence electrons. The molecule has 2 aromatic rings. The van der Waals surface area contributed by atoms with Crippen LogP contribution in [0.1, 0.15) is 22.8 Å². The Morgan fingerprint density at radius 1 is 1.08 bits per heavy atom. The van der Waals surface area contributed by atoms with Crippen molar-refractivity contribution >= 4 is 17.4 Å². The van der Waals surface area contributed by atoms with Crippen LogP contribution in [-0.4, -0.2) is 44.4 Å². The van der Waals surface area contributed by atoms with Gasteiger partial charge in [0.15, 0.2) is 5.78 Å². The van der Waals surface area contributed by atoms with E-state index in [4.69, 9.17) is 9.47 Å². The number of rotatable bonds is 8. The van der Waals surface area contributed by atoms with Crippen LogP contribution in [-0.2, 0) is 11.3 Å². The number of benzene rings is 2. The third kappa shape index (κ3) is 5.32. The van der Waals surface area contributed by atoms with Gasteiger partial charge in [0, 0.05) is 29.4 Å². The molecule has 1 amide bonds. The number of methoxy groups -OCH3 is 2. The Morgan fingerprint density at radius 2 is 1.85 bits per heavy atom. The molecule has 0 spiro atoms. The highest BCUT2D eigenvalue weighted by molar-refractivity contribution is 5.94. The molecule has 0 unspecified atom stereocenters. The quantitative estimate of drug-likeness (QED) is 0.737. The van der Waals surface area contributed by atoms with Crippen LogP contribution in [0.2, 0.25) is 0 Å². The van der Waals surface area contributed by atoms with E-state index >= 15 is 0 Å². The summed E-state index contributed by atoms with van der Waals surface area (Å²) in [6, 6.07) is 12.5. The predicted molar refractivity (Wildman–Crippen MR) is 101 cm³/mol. The van der Waals surface area contributed by atoms with Crippen molar-refractivity contribution in [2.75, 3.05) is 33.1 Å². The topological polar surface area (TPSA) is 67.9 Å². The maximum atomic E-state index is 12.3. The van der Waals surface area contributed by atoms with Gasteiger partial charge in [0.05, 0.1) is 20.8 Å².